The minimum absolute atomic E-state index is 0.0761. The van der Waals surface area contributed by atoms with Crippen LogP contribution in [0.3, 0.4) is 0 Å². The van der Waals surface area contributed by atoms with Gasteiger partial charge in [-0.3, -0.25) is 4.79 Å². The van der Waals surface area contributed by atoms with Gasteiger partial charge in [0.1, 0.15) is 5.75 Å². The Kier molecular flexibility index (Phi) is 6.14. The van der Waals surface area contributed by atoms with E-state index < -0.39 is 5.97 Å². The number of hydrogen-bond acceptors (Lipinski definition) is 3. The van der Waals surface area contributed by atoms with Crippen molar-refractivity contribution in [3.63, 3.8) is 0 Å². The van der Waals surface area contributed by atoms with E-state index in [1.165, 1.54) is 5.56 Å². The second kappa shape index (κ2) is 8.74. The van der Waals surface area contributed by atoms with E-state index in [0.717, 1.165) is 34.7 Å². The zero-order chi connectivity index (χ0) is 20.1. The van der Waals surface area contributed by atoms with Crippen LogP contribution in [-0.4, -0.2) is 28.0 Å². The Morgan fingerprint density at radius 1 is 1.11 bits per heavy atom. The summed E-state index contributed by atoms with van der Waals surface area (Å²) < 4.78 is 7.01. The number of carboxylic acids is 1. The van der Waals surface area contributed by atoms with Gasteiger partial charge in [-0.05, 0) is 54.2 Å². The normalized spacial score (nSPS) is 11.0. The Balaban J connectivity index is 1.95. The molecule has 0 aliphatic heterocycles. The van der Waals surface area contributed by atoms with Gasteiger partial charge in [0.05, 0.1) is 18.5 Å². The molecule has 0 aliphatic carbocycles. The fraction of sp³-hybridized carbons (Fsp3) is 0.304. The second-order valence-electron chi connectivity index (χ2n) is 7.33. The summed E-state index contributed by atoms with van der Waals surface area (Å²) in [5.41, 5.74) is 4.95. The van der Waals surface area contributed by atoms with Crippen LogP contribution in [-0.2, 0) is 17.6 Å². The average Bonchev–Trinajstić information content (AvgIpc) is 3.11. The third-order valence-corrected chi connectivity index (χ3v) is 4.61. The number of carboxylic acid groups (broad SMARTS) is 1. The third-order valence-electron chi connectivity index (χ3n) is 4.61. The molecule has 0 atom stereocenters. The molecular formula is C23H26N2O3. The number of nitrogens with zero attached hydrogens (tertiary/aromatic N) is 2. The molecule has 0 radical (unpaired) electrons. The molecule has 5 heteroatoms. The van der Waals surface area contributed by atoms with Gasteiger partial charge in [-0.15, -0.1) is 0 Å². The summed E-state index contributed by atoms with van der Waals surface area (Å²) in [6.45, 7) is 4.41. The lowest BCUT2D eigenvalue weighted by Gasteiger charge is -2.06. The molecule has 5 nitrogen and oxygen atoms in total. The van der Waals surface area contributed by atoms with Crippen molar-refractivity contribution in [1.82, 2.24) is 9.78 Å². The molecule has 28 heavy (non-hydrogen) atoms. The number of aliphatic carboxylic acids is 1. The monoisotopic (exact) mass is 378 g/mol. The third kappa shape index (κ3) is 4.80. The first-order valence-electron chi connectivity index (χ1n) is 9.50. The van der Waals surface area contributed by atoms with Crippen molar-refractivity contribution >= 4 is 5.97 Å². The smallest absolute Gasteiger partial charge is 0.303 e. The number of benzene rings is 2. The van der Waals surface area contributed by atoms with Crippen molar-refractivity contribution in [1.29, 1.82) is 0 Å². The highest BCUT2D eigenvalue weighted by molar-refractivity contribution is 5.69. The molecule has 0 amide bonds. The van der Waals surface area contributed by atoms with E-state index in [0.29, 0.717) is 12.3 Å². The zero-order valence-electron chi connectivity index (χ0n) is 16.6. The molecule has 3 rings (SSSR count). The van der Waals surface area contributed by atoms with Gasteiger partial charge in [0, 0.05) is 18.2 Å². The predicted molar refractivity (Wildman–Crippen MR) is 110 cm³/mol. The van der Waals surface area contributed by atoms with Gasteiger partial charge >= 0.3 is 5.97 Å². The number of rotatable bonds is 8. The number of aryl methyl sites for hydroxylation is 1. The van der Waals surface area contributed by atoms with E-state index in [4.69, 9.17) is 14.9 Å². The molecule has 1 N–H and O–H groups in total. The van der Waals surface area contributed by atoms with Crippen LogP contribution in [0.15, 0.2) is 54.7 Å². The fourth-order valence-electron chi connectivity index (χ4n) is 3.21. The SMILES string of the molecule is COc1ccc(-n2cc(CCC(=O)O)c(-c3ccc(CC(C)C)cc3)n2)cc1. The zero-order valence-corrected chi connectivity index (χ0v) is 16.6. The Hall–Kier alpha value is -3.08. The summed E-state index contributed by atoms with van der Waals surface area (Å²) in [5, 5.41) is 13.9. The fourth-order valence-corrected chi connectivity index (χ4v) is 3.21. The first kappa shape index (κ1) is 19.7. The highest BCUT2D eigenvalue weighted by Crippen LogP contribution is 2.26. The van der Waals surface area contributed by atoms with Crippen LogP contribution in [0.5, 0.6) is 5.75 Å². The van der Waals surface area contributed by atoms with Crippen LogP contribution in [0.4, 0.5) is 0 Å². The van der Waals surface area contributed by atoms with Gasteiger partial charge in [0.15, 0.2) is 0 Å². The summed E-state index contributed by atoms with van der Waals surface area (Å²) in [7, 11) is 1.63. The van der Waals surface area contributed by atoms with Crippen LogP contribution in [0.1, 0.15) is 31.4 Å². The molecule has 146 valence electrons. The Bertz CT molecular complexity index is 925. The maximum atomic E-state index is 11.1. The van der Waals surface area contributed by atoms with Gasteiger partial charge in [-0.25, -0.2) is 4.68 Å². The molecular weight excluding hydrogens is 352 g/mol. The standard InChI is InChI=1S/C23H26N2O3/c1-16(2)14-17-4-6-18(7-5-17)23-19(8-13-22(26)27)15-25(24-23)20-9-11-21(28-3)12-10-20/h4-7,9-12,15-16H,8,13-14H2,1-3H3,(H,26,27). The lowest BCUT2D eigenvalue weighted by atomic mass is 9.99. The van der Waals surface area contributed by atoms with E-state index in [1.54, 1.807) is 11.8 Å². The van der Waals surface area contributed by atoms with E-state index in [-0.39, 0.29) is 6.42 Å². The van der Waals surface area contributed by atoms with Crippen LogP contribution >= 0.6 is 0 Å². The van der Waals surface area contributed by atoms with E-state index in [2.05, 4.69) is 38.1 Å². The number of ether oxygens (including phenoxy) is 1. The minimum Gasteiger partial charge on any atom is -0.497 e. The molecule has 0 unspecified atom stereocenters. The van der Waals surface area contributed by atoms with Gasteiger partial charge in [0.25, 0.3) is 0 Å². The Morgan fingerprint density at radius 3 is 2.36 bits per heavy atom. The van der Waals surface area contributed by atoms with Crippen molar-refractivity contribution in [3.05, 3.63) is 65.9 Å². The van der Waals surface area contributed by atoms with Crippen molar-refractivity contribution in [3.8, 4) is 22.7 Å². The van der Waals surface area contributed by atoms with Crippen LogP contribution in [0, 0.1) is 5.92 Å². The van der Waals surface area contributed by atoms with Gasteiger partial charge < -0.3 is 9.84 Å². The number of methoxy groups -OCH3 is 1. The van der Waals surface area contributed by atoms with Crippen LogP contribution < -0.4 is 4.74 Å². The molecule has 0 spiro atoms. The van der Waals surface area contributed by atoms with Gasteiger partial charge in [-0.1, -0.05) is 38.1 Å². The number of aromatic nitrogens is 2. The molecule has 1 aromatic heterocycles. The molecule has 0 fully saturated rings. The summed E-state index contributed by atoms with van der Waals surface area (Å²) >= 11 is 0. The highest BCUT2D eigenvalue weighted by atomic mass is 16.5. The molecule has 0 bridgehead atoms. The summed E-state index contributed by atoms with van der Waals surface area (Å²) in [4.78, 5) is 11.1. The minimum atomic E-state index is -0.810. The predicted octanol–water partition coefficient (Wildman–Crippen LogP) is 4.76. The molecule has 1 heterocycles. The number of hydrogen-bond donors (Lipinski definition) is 1. The molecule has 0 saturated heterocycles. The van der Waals surface area contributed by atoms with Crippen molar-refractivity contribution in [2.45, 2.75) is 33.1 Å². The first-order valence-corrected chi connectivity index (χ1v) is 9.50. The summed E-state index contributed by atoms with van der Waals surface area (Å²) in [6.07, 6.45) is 3.47. The van der Waals surface area contributed by atoms with E-state index in [9.17, 15) is 4.79 Å². The van der Waals surface area contributed by atoms with Crippen molar-refractivity contribution in [2.75, 3.05) is 7.11 Å². The summed E-state index contributed by atoms with van der Waals surface area (Å²) in [5.74, 6) is 0.574. The molecule has 0 aliphatic rings. The lowest BCUT2D eigenvalue weighted by molar-refractivity contribution is -0.136. The van der Waals surface area contributed by atoms with Crippen molar-refractivity contribution in [2.24, 2.45) is 5.92 Å². The topological polar surface area (TPSA) is 64.3 Å². The average molecular weight is 378 g/mol. The molecule has 0 saturated carbocycles. The van der Waals surface area contributed by atoms with Crippen molar-refractivity contribution < 1.29 is 14.6 Å². The summed E-state index contributed by atoms with van der Waals surface area (Å²) in [6, 6.07) is 16.0. The van der Waals surface area contributed by atoms with Crippen LogP contribution in [0.2, 0.25) is 0 Å². The Labute approximate surface area is 165 Å². The van der Waals surface area contributed by atoms with E-state index >= 15 is 0 Å². The van der Waals surface area contributed by atoms with Gasteiger partial charge in [-0.2, -0.15) is 5.10 Å². The second-order valence-corrected chi connectivity index (χ2v) is 7.33. The van der Waals surface area contributed by atoms with Crippen LogP contribution in [0.25, 0.3) is 16.9 Å². The quantitative estimate of drug-likeness (QED) is 0.614. The molecule has 3 aromatic rings. The lowest BCUT2D eigenvalue weighted by Crippen LogP contribution is -1.98. The maximum Gasteiger partial charge on any atom is 0.303 e. The molecule has 2 aromatic carbocycles. The van der Waals surface area contributed by atoms with E-state index in [1.807, 2.05) is 30.5 Å². The number of carbonyl (C=O) groups is 1. The highest BCUT2D eigenvalue weighted by Gasteiger charge is 2.14. The van der Waals surface area contributed by atoms with Gasteiger partial charge in [0.2, 0.25) is 0 Å². The maximum absolute atomic E-state index is 11.1. The first-order chi connectivity index (χ1) is 13.5. The largest absolute Gasteiger partial charge is 0.497 e. The Morgan fingerprint density at radius 2 is 1.79 bits per heavy atom.